The van der Waals surface area contributed by atoms with Crippen molar-refractivity contribution in [2.75, 3.05) is 18.9 Å². The molecule has 30 heavy (non-hydrogen) atoms. The van der Waals surface area contributed by atoms with Gasteiger partial charge in [0.1, 0.15) is 10.7 Å². The molecular weight excluding hydrogens is 464 g/mol. The number of H-pyrrole nitrogens is 1. The highest BCUT2D eigenvalue weighted by Gasteiger charge is 2.17. The first-order valence-corrected chi connectivity index (χ1v) is 11.6. The number of fused-ring (bicyclic) bond motifs is 1. The maximum atomic E-state index is 12.8. The van der Waals surface area contributed by atoms with E-state index in [2.05, 4.69) is 52.0 Å². The van der Waals surface area contributed by atoms with Crippen LogP contribution in [0.15, 0.2) is 33.5 Å². The number of aromatic nitrogens is 2. The number of likely N-dealkylation sites (N-methyl/N-ethyl adjacent to an activating group) is 1. The Bertz CT molecular complexity index is 1110. The van der Waals surface area contributed by atoms with Crippen molar-refractivity contribution in [3.63, 3.8) is 0 Å². The Labute approximate surface area is 188 Å². The summed E-state index contributed by atoms with van der Waals surface area (Å²) in [5.74, 6) is 0.963. The van der Waals surface area contributed by atoms with Gasteiger partial charge in [-0.05, 0) is 59.9 Å². The van der Waals surface area contributed by atoms with Crippen LogP contribution in [0.1, 0.15) is 36.5 Å². The third-order valence-corrected chi connectivity index (χ3v) is 6.88. The van der Waals surface area contributed by atoms with Gasteiger partial charge in [0.25, 0.3) is 5.56 Å². The monoisotopic (exact) mass is 490 g/mol. The Balaban J connectivity index is 1.72. The lowest BCUT2D eigenvalue weighted by Crippen LogP contribution is -2.31. The number of benzene rings is 1. The first-order chi connectivity index (χ1) is 14.3. The van der Waals surface area contributed by atoms with Crippen molar-refractivity contribution in [3.05, 3.63) is 55.4 Å². The van der Waals surface area contributed by atoms with Gasteiger partial charge in [0.2, 0.25) is 5.91 Å². The van der Waals surface area contributed by atoms with Crippen LogP contribution in [0.2, 0.25) is 0 Å². The second kappa shape index (κ2) is 9.85. The van der Waals surface area contributed by atoms with E-state index in [0.29, 0.717) is 18.3 Å². The molecule has 0 aliphatic rings. The minimum Gasteiger partial charge on any atom is -0.324 e. The van der Waals surface area contributed by atoms with Crippen molar-refractivity contribution < 1.29 is 4.79 Å². The largest absolute Gasteiger partial charge is 0.324 e. The molecule has 1 aromatic carbocycles. The molecule has 0 aliphatic carbocycles. The number of hydrogen-bond donors (Lipinski definition) is 2. The van der Waals surface area contributed by atoms with Gasteiger partial charge < -0.3 is 10.3 Å². The van der Waals surface area contributed by atoms with Crippen LogP contribution in [0.5, 0.6) is 0 Å². The molecule has 3 rings (SSSR count). The van der Waals surface area contributed by atoms with Gasteiger partial charge in [-0.25, -0.2) is 4.98 Å². The fraction of sp³-hybridized carbons (Fsp3) is 0.409. The quantitative estimate of drug-likeness (QED) is 0.478. The Kier molecular flexibility index (Phi) is 7.44. The minimum atomic E-state index is -0.129. The van der Waals surface area contributed by atoms with Gasteiger partial charge in [0, 0.05) is 9.35 Å². The summed E-state index contributed by atoms with van der Waals surface area (Å²) >= 11 is 5.00. The molecule has 2 N–H and O–H groups in total. The average molecular weight is 491 g/mol. The highest BCUT2D eigenvalue weighted by Crippen LogP contribution is 2.29. The summed E-state index contributed by atoms with van der Waals surface area (Å²) < 4.78 is 0.832. The van der Waals surface area contributed by atoms with Crippen molar-refractivity contribution >= 4 is 49.1 Å². The zero-order valence-corrected chi connectivity index (χ0v) is 20.1. The van der Waals surface area contributed by atoms with E-state index < -0.39 is 0 Å². The van der Waals surface area contributed by atoms with E-state index in [-0.39, 0.29) is 18.0 Å². The van der Waals surface area contributed by atoms with E-state index in [4.69, 9.17) is 0 Å². The molecule has 1 amide bonds. The summed E-state index contributed by atoms with van der Waals surface area (Å²) in [7, 11) is 1.83. The number of thiophene rings is 1. The van der Waals surface area contributed by atoms with Crippen molar-refractivity contribution in [1.29, 1.82) is 0 Å². The molecule has 0 saturated carbocycles. The Morgan fingerprint density at radius 3 is 2.80 bits per heavy atom. The topological polar surface area (TPSA) is 78.1 Å². The van der Waals surface area contributed by atoms with E-state index in [0.717, 1.165) is 43.7 Å². The molecule has 2 heterocycles. The maximum absolute atomic E-state index is 12.8. The lowest BCUT2D eigenvalue weighted by atomic mass is 9.98. The Morgan fingerprint density at radius 1 is 1.37 bits per heavy atom. The number of aryl methyl sites for hydroxylation is 1. The highest BCUT2D eigenvalue weighted by atomic mass is 79.9. The number of amides is 1. The highest BCUT2D eigenvalue weighted by molar-refractivity contribution is 9.10. The number of aromatic amines is 1. The third kappa shape index (κ3) is 5.36. The van der Waals surface area contributed by atoms with E-state index in [1.54, 1.807) is 11.3 Å². The molecular formula is C22H27BrN4O2S. The van der Waals surface area contributed by atoms with Crippen LogP contribution in [0.4, 0.5) is 5.69 Å². The Morgan fingerprint density at radius 2 is 2.10 bits per heavy atom. The molecule has 1 atom stereocenters. The van der Waals surface area contributed by atoms with Crippen LogP contribution < -0.4 is 10.9 Å². The second-order valence-electron chi connectivity index (χ2n) is 7.75. The molecule has 0 unspecified atom stereocenters. The SMILES string of the molecule is CC[C@@H](C)Cc1c(C)sc2nc(CN(C)CC(=O)Nc3ccccc3Br)[nH]c(=O)c12. The molecule has 0 saturated heterocycles. The van der Waals surface area contributed by atoms with Crippen molar-refractivity contribution in [3.8, 4) is 0 Å². The van der Waals surface area contributed by atoms with Crippen molar-refractivity contribution in [2.45, 2.75) is 40.2 Å². The predicted octanol–water partition coefficient (Wildman–Crippen LogP) is 4.71. The Hall–Kier alpha value is -2.03. The number of nitrogens with zero attached hydrogens (tertiary/aromatic N) is 2. The van der Waals surface area contributed by atoms with Crippen LogP contribution in [-0.2, 0) is 17.8 Å². The zero-order chi connectivity index (χ0) is 21.8. The summed E-state index contributed by atoms with van der Waals surface area (Å²) in [6.45, 7) is 6.99. The summed E-state index contributed by atoms with van der Waals surface area (Å²) in [5.41, 5.74) is 1.75. The van der Waals surface area contributed by atoms with Gasteiger partial charge in [0.15, 0.2) is 0 Å². The van der Waals surface area contributed by atoms with E-state index in [1.165, 1.54) is 0 Å². The molecule has 8 heteroatoms. The number of carbonyl (C=O) groups is 1. The summed E-state index contributed by atoms with van der Waals surface area (Å²) in [6, 6.07) is 7.48. The van der Waals surface area contributed by atoms with Crippen LogP contribution in [0.3, 0.4) is 0 Å². The van der Waals surface area contributed by atoms with Gasteiger partial charge in [0.05, 0.1) is 24.2 Å². The first kappa shape index (κ1) is 22.7. The fourth-order valence-corrected chi connectivity index (χ4v) is 4.80. The van der Waals surface area contributed by atoms with Crippen LogP contribution in [0, 0.1) is 12.8 Å². The number of anilines is 1. The number of rotatable bonds is 8. The van der Waals surface area contributed by atoms with Crippen molar-refractivity contribution in [2.24, 2.45) is 5.92 Å². The zero-order valence-electron chi connectivity index (χ0n) is 17.7. The fourth-order valence-electron chi connectivity index (χ4n) is 3.34. The number of halogens is 1. The standard InChI is InChI=1S/C22H27BrN4O2S/c1-5-13(2)10-15-14(3)30-22-20(15)21(29)25-18(26-22)11-27(4)12-19(28)24-17-9-7-6-8-16(17)23/h6-9,13H,5,10-12H2,1-4H3,(H,24,28)(H,25,26,29)/t13-/m1/s1. The lowest BCUT2D eigenvalue weighted by Gasteiger charge is -2.16. The minimum absolute atomic E-state index is 0.0938. The van der Waals surface area contributed by atoms with Gasteiger partial charge in [-0.1, -0.05) is 32.4 Å². The summed E-state index contributed by atoms with van der Waals surface area (Å²) in [6.07, 6.45) is 1.97. The number of nitrogens with one attached hydrogen (secondary N) is 2. The smallest absolute Gasteiger partial charge is 0.259 e. The molecule has 0 aliphatic heterocycles. The van der Waals surface area contributed by atoms with E-state index in [9.17, 15) is 9.59 Å². The van der Waals surface area contributed by atoms with Crippen LogP contribution in [0.25, 0.3) is 10.2 Å². The van der Waals surface area contributed by atoms with Crippen LogP contribution >= 0.6 is 27.3 Å². The van der Waals surface area contributed by atoms with Gasteiger partial charge in [-0.3, -0.25) is 14.5 Å². The van der Waals surface area contributed by atoms with E-state index in [1.807, 2.05) is 36.2 Å². The molecule has 0 radical (unpaired) electrons. The summed E-state index contributed by atoms with van der Waals surface area (Å²) in [5, 5.41) is 3.60. The summed E-state index contributed by atoms with van der Waals surface area (Å²) in [4.78, 5) is 36.5. The molecule has 0 bridgehead atoms. The lowest BCUT2D eigenvalue weighted by molar-refractivity contribution is -0.117. The molecule has 6 nitrogen and oxygen atoms in total. The normalized spacial score (nSPS) is 12.5. The number of para-hydroxylation sites is 1. The van der Waals surface area contributed by atoms with Crippen LogP contribution in [-0.4, -0.2) is 34.4 Å². The predicted molar refractivity (Wildman–Crippen MR) is 127 cm³/mol. The third-order valence-electron chi connectivity index (χ3n) is 5.14. The van der Waals surface area contributed by atoms with Gasteiger partial charge >= 0.3 is 0 Å². The molecule has 0 fully saturated rings. The first-order valence-electron chi connectivity index (χ1n) is 10.0. The second-order valence-corrected chi connectivity index (χ2v) is 9.80. The molecule has 3 aromatic rings. The molecule has 0 spiro atoms. The number of hydrogen-bond acceptors (Lipinski definition) is 5. The average Bonchev–Trinajstić information content (AvgIpc) is 2.98. The number of carbonyl (C=O) groups excluding carboxylic acids is 1. The van der Waals surface area contributed by atoms with E-state index >= 15 is 0 Å². The maximum Gasteiger partial charge on any atom is 0.259 e. The molecule has 160 valence electrons. The van der Waals surface area contributed by atoms with Gasteiger partial charge in [-0.15, -0.1) is 11.3 Å². The van der Waals surface area contributed by atoms with Gasteiger partial charge in [-0.2, -0.15) is 0 Å². The molecule has 2 aromatic heterocycles. The van der Waals surface area contributed by atoms with Crippen molar-refractivity contribution in [1.82, 2.24) is 14.9 Å².